The van der Waals surface area contributed by atoms with E-state index in [1.807, 2.05) is 18.7 Å². The normalized spacial score (nSPS) is 31.5. The minimum absolute atomic E-state index is 0.0725. The quantitative estimate of drug-likeness (QED) is 0.757. The Kier molecular flexibility index (Phi) is 5.15. The first-order valence-corrected chi connectivity index (χ1v) is 8.18. The molecule has 5 heteroatoms. The predicted octanol–water partition coefficient (Wildman–Crippen LogP) is 1.97. The molecule has 4 nitrogen and oxygen atoms in total. The number of carbonyl (C=O) groups excluding carboxylic acids is 1. The van der Waals surface area contributed by atoms with Gasteiger partial charge in [0, 0.05) is 11.3 Å². The summed E-state index contributed by atoms with van der Waals surface area (Å²) < 4.78 is 10.5. The Balaban J connectivity index is 1.96. The van der Waals surface area contributed by atoms with Gasteiger partial charge in [-0.3, -0.25) is 10.1 Å². The van der Waals surface area contributed by atoms with Crippen molar-refractivity contribution in [3.8, 4) is 0 Å². The van der Waals surface area contributed by atoms with Crippen molar-refractivity contribution in [2.75, 3.05) is 19.8 Å². The molecule has 0 radical (unpaired) electrons. The van der Waals surface area contributed by atoms with Crippen LogP contribution in [0.3, 0.4) is 0 Å². The van der Waals surface area contributed by atoms with Crippen molar-refractivity contribution in [2.24, 2.45) is 0 Å². The highest BCUT2D eigenvalue weighted by molar-refractivity contribution is 8.00. The maximum atomic E-state index is 12.3. The number of ether oxygens (including phenoxy) is 2. The molecule has 0 spiro atoms. The zero-order valence-corrected chi connectivity index (χ0v) is 12.9. The summed E-state index contributed by atoms with van der Waals surface area (Å²) in [5.74, 6) is -0.0725. The van der Waals surface area contributed by atoms with Crippen LogP contribution in [0.4, 0.5) is 0 Å². The van der Waals surface area contributed by atoms with Crippen LogP contribution in [0.15, 0.2) is 0 Å². The second-order valence-electron chi connectivity index (χ2n) is 5.76. The minimum atomic E-state index is -0.466. The van der Waals surface area contributed by atoms with Gasteiger partial charge >= 0.3 is 5.97 Å². The van der Waals surface area contributed by atoms with Crippen LogP contribution in [0.25, 0.3) is 0 Å². The Morgan fingerprint density at radius 1 is 1.47 bits per heavy atom. The molecule has 1 heterocycles. The van der Waals surface area contributed by atoms with Gasteiger partial charge in [-0.25, -0.2) is 0 Å². The first-order valence-electron chi connectivity index (χ1n) is 7.24. The molecule has 0 bridgehead atoms. The summed E-state index contributed by atoms with van der Waals surface area (Å²) in [5, 5.41) is 4.63. The van der Waals surface area contributed by atoms with Crippen molar-refractivity contribution in [2.45, 2.75) is 62.1 Å². The molecule has 1 saturated carbocycles. The average molecular weight is 287 g/mol. The predicted molar refractivity (Wildman–Crippen MR) is 77.5 cm³/mol. The highest BCUT2D eigenvalue weighted by Crippen LogP contribution is 2.41. The maximum Gasteiger partial charge on any atom is 0.326 e. The second kappa shape index (κ2) is 6.46. The van der Waals surface area contributed by atoms with Gasteiger partial charge in [0.15, 0.2) is 0 Å². The molecule has 2 rings (SSSR count). The van der Waals surface area contributed by atoms with Gasteiger partial charge in [-0.05, 0) is 40.0 Å². The van der Waals surface area contributed by atoms with Crippen LogP contribution in [0.1, 0.15) is 40.0 Å². The number of carbonyl (C=O) groups is 1. The van der Waals surface area contributed by atoms with Crippen molar-refractivity contribution in [1.29, 1.82) is 0 Å². The number of rotatable bonds is 6. The third-order valence-corrected chi connectivity index (χ3v) is 5.14. The van der Waals surface area contributed by atoms with E-state index in [9.17, 15) is 4.79 Å². The number of esters is 1. The van der Waals surface area contributed by atoms with E-state index in [0.29, 0.717) is 23.1 Å². The summed E-state index contributed by atoms with van der Waals surface area (Å²) in [4.78, 5) is 12.3. The van der Waals surface area contributed by atoms with Crippen LogP contribution >= 0.6 is 11.8 Å². The van der Waals surface area contributed by atoms with E-state index in [0.717, 1.165) is 32.5 Å². The van der Waals surface area contributed by atoms with E-state index >= 15 is 0 Å². The topological polar surface area (TPSA) is 47.6 Å². The van der Waals surface area contributed by atoms with Crippen LogP contribution in [0.2, 0.25) is 0 Å². The largest absolute Gasteiger partial charge is 0.465 e. The van der Waals surface area contributed by atoms with Crippen LogP contribution in [-0.2, 0) is 14.3 Å². The molecule has 0 aromatic rings. The fourth-order valence-electron chi connectivity index (χ4n) is 2.88. The smallest absolute Gasteiger partial charge is 0.326 e. The number of thioether (sulfide) groups is 1. The van der Waals surface area contributed by atoms with E-state index in [1.54, 1.807) is 0 Å². The highest BCUT2D eigenvalue weighted by Gasteiger charge is 2.47. The molecule has 0 amide bonds. The van der Waals surface area contributed by atoms with Crippen LogP contribution in [0, 0.1) is 0 Å². The summed E-state index contributed by atoms with van der Waals surface area (Å²) in [6.45, 7) is 8.22. The lowest BCUT2D eigenvalue weighted by atomic mass is 9.96. The Labute approximate surface area is 120 Å². The Morgan fingerprint density at radius 2 is 2.21 bits per heavy atom. The number of hydrogen-bond donors (Lipinski definition) is 1. The van der Waals surface area contributed by atoms with E-state index in [-0.39, 0.29) is 5.97 Å². The van der Waals surface area contributed by atoms with Crippen molar-refractivity contribution in [3.63, 3.8) is 0 Å². The first kappa shape index (κ1) is 15.1. The lowest BCUT2D eigenvalue weighted by Gasteiger charge is -2.32. The fourth-order valence-corrected chi connectivity index (χ4v) is 4.41. The van der Waals surface area contributed by atoms with Crippen LogP contribution in [-0.4, -0.2) is 47.9 Å². The monoisotopic (exact) mass is 287 g/mol. The maximum absolute atomic E-state index is 12.3. The third kappa shape index (κ3) is 3.64. The summed E-state index contributed by atoms with van der Waals surface area (Å²) in [7, 11) is 0. The summed E-state index contributed by atoms with van der Waals surface area (Å²) >= 11 is 1.99. The minimum Gasteiger partial charge on any atom is -0.465 e. The fraction of sp³-hybridized carbons (Fsp3) is 0.929. The molecule has 0 aromatic carbocycles. The molecule has 2 atom stereocenters. The van der Waals surface area contributed by atoms with Crippen LogP contribution in [0.5, 0.6) is 0 Å². The number of hydrogen-bond acceptors (Lipinski definition) is 5. The van der Waals surface area contributed by atoms with E-state index < -0.39 is 5.54 Å². The SMILES string of the molecule is CCOC(=O)C1(NC(C)C)CCC(SC2COC2)C1. The molecule has 2 fully saturated rings. The van der Waals surface area contributed by atoms with Crippen molar-refractivity contribution >= 4 is 17.7 Å². The third-order valence-electron chi connectivity index (χ3n) is 3.69. The van der Waals surface area contributed by atoms with Gasteiger partial charge in [0.1, 0.15) is 5.54 Å². The van der Waals surface area contributed by atoms with E-state index in [1.165, 1.54) is 0 Å². The molecule has 2 aliphatic rings. The number of nitrogens with one attached hydrogen (secondary N) is 1. The Hall–Kier alpha value is -0.260. The van der Waals surface area contributed by atoms with Gasteiger partial charge in [0.2, 0.25) is 0 Å². The van der Waals surface area contributed by atoms with Gasteiger partial charge in [0.25, 0.3) is 0 Å². The zero-order valence-electron chi connectivity index (χ0n) is 12.1. The van der Waals surface area contributed by atoms with Gasteiger partial charge in [-0.2, -0.15) is 11.8 Å². The summed E-state index contributed by atoms with van der Waals surface area (Å²) in [6, 6.07) is 0.292. The van der Waals surface area contributed by atoms with Crippen molar-refractivity contribution < 1.29 is 14.3 Å². The summed E-state index contributed by atoms with van der Waals surface area (Å²) in [5.41, 5.74) is -0.466. The molecule has 1 aliphatic heterocycles. The molecular weight excluding hydrogens is 262 g/mol. The van der Waals surface area contributed by atoms with E-state index in [4.69, 9.17) is 9.47 Å². The standard InChI is InChI=1S/C14H25NO3S/c1-4-18-13(16)14(15-10(2)3)6-5-11(7-14)19-12-8-17-9-12/h10-12,15H,4-9H2,1-3H3. The lowest BCUT2D eigenvalue weighted by Crippen LogP contribution is -2.54. The molecule has 0 aromatic heterocycles. The Morgan fingerprint density at radius 3 is 2.74 bits per heavy atom. The van der Waals surface area contributed by atoms with Crippen LogP contribution < -0.4 is 5.32 Å². The van der Waals surface area contributed by atoms with Gasteiger partial charge < -0.3 is 9.47 Å². The average Bonchev–Trinajstić information content (AvgIpc) is 2.68. The molecule has 1 aliphatic carbocycles. The Bertz CT molecular complexity index is 320. The molecule has 1 N–H and O–H groups in total. The van der Waals surface area contributed by atoms with Gasteiger partial charge in [-0.1, -0.05) is 0 Å². The molecular formula is C14H25NO3S. The summed E-state index contributed by atoms with van der Waals surface area (Å²) in [6.07, 6.45) is 2.85. The zero-order chi connectivity index (χ0) is 13.9. The second-order valence-corrected chi connectivity index (χ2v) is 7.37. The first-order chi connectivity index (χ1) is 9.05. The van der Waals surface area contributed by atoms with Gasteiger partial charge in [0.05, 0.1) is 25.1 Å². The molecule has 19 heavy (non-hydrogen) atoms. The highest BCUT2D eigenvalue weighted by atomic mass is 32.2. The molecule has 110 valence electrons. The van der Waals surface area contributed by atoms with Gasteiger partial charge in [-0.15, -0.1) is 0 Å². The van der Waals surface area contributed by atoms with E-state index in [2.05, 4.69) is 19.2 Å². The van der Waals surface area contributed by atoms with Crippen molar-refractivity contribution in [1.82, 2.24) is 5.32 Å². The lowest BCUT2D eigenvalue weighted by molar-refractivity contribution is -0.151. The molecule has 1 saturated heterocycles. The van der Waals surface area contributed by atoms with Crippen molar-refractivity contribution in [3.05, 3.63) is 0 Å². The molecule has 2 unspecified atom stereocenters.